The molecule has 5 rings (SSSR count). The van der Waals surface area contributed by atoms with Gasteiger partial charge >= 0.3 is 0 Å². The number of halogens is 2. The molecule has 8 heteroatoms. The van der Waals surface area contributed by atoms with Gasteiger partial charge in [-0.2, -0.15) is 0 Å². The number of nitrogens with one attached hydrogen (secondary N) is 1. The number of carbonyl (C=O) groups is 3. The minimum Gasteiger partial charge on any atom is -0.322 e. The predicted molar refractivity (Wildman–Crippen MR) is 136 cm³/mol. The number of hydrogen-bond donors (Lipinski definition) is 1. The summed E-state index contributed by atoms with van der Waals surface area (Å²) in [4.78, 5) is 43.4. The van der Waals surface area contributed by atoms with E-state index in [1.165, 1.54) is 12.1 Å². The van der Waals surface area contributed by atoms with Crippen LogP contribution in [0.5, 0.6) is 0 Å². The summed E-state index contributed by atoms with van der Waals surface area (Å²) in [5, 5.41) is 2.33. The zero-order chi connectivity index (χ0) is 26.5. The van der Waals surface area contributed by atoms with Gasteiger partial charge in [-0.05, 0) is 66.5 Å². The number of allylic oxidation sites excluding steroid dienone is 2. The lowest BCUT2D eigenvalue weighted by molar-refractivity contribution is -0.136. The second-order valence-corrected chi connectivity index (χ2v) is 10.2. The molecule has 0 aromatic heterocycles. The number of benzene rings is 2. The van der Waals surface area contributed by atoms with Gasteiger partial charge in [-0.25, -0.2) is 8.78 Å². The third-order valence-electron chi connectivity index (χ3n) is 7.58. The maximum absolute atomic E-state index is 13.7. The van der Waals surface area contributed by atoms with E-state index in [-0.39, 0.29) is 29.7 Å². The summed E-state index contributed by atoms with van der Waals surface area (Å²) in [6.45, 7) is 5.26. The van der Waals surface area contributed by atoms with Crippen molar-refractivity contribution in [3.63, 3.8) is 0 Å². The van der Waals surface area contributed by atoms with Gasteiger partial charge in [0.05, 0.1) is 5.71 Å². The van der Waals surface area contributed by atoms with E-state index in [4.69, 9.17) is 4.99 Å². The molecule has 0 saturated carbocycles. The highest BCUT2D eigenvalue weighted by Crippen LogP contribution is 2.35. The number of carbonyl (C=O) groups excluding carboxylic acids is 3. The largest absolute Gasteiger partial charge is 0.322 e. The summed E-state index contributed by atoms with van der Waals surface area (Å²) < 4.78 is 27.3. The van der Waals surface area contributed by atoms with E-state index in [2.05, 4.69) is 12.2 Å². The van der Waals surface area contributed by atoms with Gasteiger partial charge in [0.1, 0.15) is 6.04 Å². The van der Waals surface area contributed by atoms with E-state index in [1.807, 2.05) is 19.1 Å². The predicted octanol–water partition coefficient (Wildman–Crippen LogP) is 5.21. The number of nitrogens with zero attached hydrogens (tertiary/aromatic N) is 2. The molecular weight excluding hydrogens is 476 g/mol. The molecule has 192 valence electrons. The summed E-state index contributed by atoms with van der Waals surface area (Å²) in [5.41, 5.74) is 6.00. The molecule has 6 nitrogen and oxygen atoms in total. The number of rotatable bonds is 4. The van der Waals surface area contributed by atoms with Crippen molar-refractivity contribution in [2.75, 3.05) is 0 Å². The smallest absolute Gasteiger partial charge is 0.270 e. The van der Waals surface area contributed by atoms with Crippen molar-refractivity contribution in [2.45, 2.75) is 65.0 Å². The SMILES string of the molecule is CC1=C(c2ccc(C(C)(F)F)cc2)CCC(C)C(c2ccc3c(c2)CN(C2CCC(=O)NC2=O)C3=O)=N1. The van der Waals surface area contributed by atoms with Gasteiger partial charge in [-0.3, -0.25) is 24.7 Å². The van der Waals surface area contributed by atoms with Crippen LogP contribution in [0.1, 0.15) is 79.1 Å². The van der Waals surface area contributed by atoms with Crippen molar-refractivity contribution in [1.29, 1.82) is 0 Å². The van der Waals surface area contributed by atoms with Crippen molar-refractivity contribution in [1.82, 2.24) is 10.2 Å². The molecule has 2 aromatic rings. The topological polar surface area (TPSA) is 78.8 Å². The fraction of sp³-hybridized carbons (Fsp3) is 0.379. The lowest BCUT2D eigenvalue weighted by Crippen LogP contribution is -2.52. The Hall–Kier alpha value is -3.68. The van der Waals surface area contributed by atoms with Crippen LogP contribution in [0.25, 0.3) is 5.57 Å². The first-order valence-corrected chi connectivity index (χ1v) is 12.6. The Bertz CT molecular complexity index is 1360. The summed E-state index contributed by atoms with van der Waals surface area (Å²) in [6.07, 6.45) is 2.16. The van der Waals surface area contributed by atoms with Crippen molar-refractivity contribution in [2.24, 2.45) is 10.9 Å². The molecule has 1 fully saturated rings. The van der Waals surface area contributed by atoms with Crippen LogP contribution < -0.4 is 5.32 Å². The molecule has 0 radical (unpaired) electrons. The van der Waals surface area contributed by atoms with Crippen LogP contribution >= 0.6 is 0 Å². The lowest BCUT2D eigenvalue weighted by atomic mass is 9.90. The number of amides is 3. The summed E-state index contributed by atoms with van der Waals surface area (Å²) in [7, 11) is 0. The molecule has 0 spiro atoms. The maximum Gasteiger partial charge on any atom is 0.270 e. The van der Waals surface area contributed by atoms with Crippen molar-refractivity contribution >= 4 is 29.0 Å². The number of alkyl halides is 2. The molecule has 2 unspecified atom stereocenters. The van der Waals surface area contributed by atoms with Crippen molar-refractivity contribution in [3.05, 3.63) is 76.0 Å². The third kappa shape index (κ3) is 4.72. The normalized spacial score (nSPS) is 22.6. The van der Waals surface area contributed by atoms with Crippen LogP contribution in [0, 0.1) is 5.92 Å². The van der Waals surface area contributed by atoms with Gasteiger partial charge < -0.3 is 4.90 Å². The van der Waals surface area contributed by atoms with Crippen LogP contribution in [0.3, 0.4) is 0 Å². The van der Waals surface area contributed by atoms with Crippen molar-refractivity contribution < 1.29 is 23.2 Å². The van der Waals surface area contributed by atoms with E-state index < -0.39 is 17.9 Å². The molecule has 3 amide bonds. The molecule has 1 N–H and O–H groups in total. The summed E-state index contributed by atoms with van der Waals surface area (Å²) in [6, 6.07) is 11.4. The fourth-order valence-electron chi connectivity index (χ4n) is 5.44. The highest BCUT2D eigenvalue weighted by Gasteiger charge is 2.39. The minimum atomic E-state index is -2.88. The first-order valence-electron chi connectivity index (χ1n) is 12.6. The number of imide groups is 1. The lowest BCUT2D eigenvalue weighted by Gasteiger charge is -2.29. The standard InChI is InChI=1S/C29H29F2N3O3/c1-16-4-10-22(18-5-8-21(9-6-18)29(3,30)31)17(2)32-26(16)19-7-11-23-20(14-19)15-34(28(23)37)24-12-13-25(35)33-27(24)36/h5-9,11,14,16,24H,4,10,12-13,15H2,1-3H3,(H,33,35,36). The monoisotopic (exact) mass is 505 g/mol. The van der Waals surface area contributed by atoms with Gasteiger partial charge in [0.25, 0.3) is 11.8 Å². The second-order valence-electron chi connectivity index (χ2n) is 10.2. The van der Waals surface area contributed by atoms with E-state index in [1.54, 1.807) is 23.1 Å². The molecule has 2 aromatic carbocycles. The number of hydrogen-bond acceptors (Lipinski definition) is 4. The molecule has 3 heterocycles. The Morgan fingerprint density at radius 3 is 2.38 bits per heavy atom. The Morgan fingerprint density at radius 1 is 1.00 bits per heavy atom. The van der Waals surface area contributed by atoms with Gasteiger partial charge in [0.15, 0.2) is 0 Å². The van der Waals surface area contributed by atoms with Gasteiger partial charge in [0.2, 0.25) is 11.8 Å². The van der Waals surface area contributed by atoms with Gasteiger partial charge in [-0.15, -0.1) is 0 Å². The second kappa shape index (κ2) is 9.32. The molecule has 37 heavy (non-hydrogen) atoms. The molecule has 3 aliphatic rings. The number of aliphatic imine (C=N–C) groups is 1. The molecule has 0 bridgehead atoms. The zero-order valence-corrected chi connectivity index (χ0v) is 21.1. The molecule has 2 atom stereocenters. The first-order chi connectivity index (χ1) is 17.5. The molecule has 0 aliphatic carbocycles. The summed E-state index contributed by atoms with van der Waals surface area (Å²) in [5.74, 6) is -3.67. The van der Waals surface area contributed by atoms with E-state index in [9.17, 15) is 23.2 Å². The third-order valence-corrected chi connectivity index (χ3v) is 7.58. The van der Waals surface area contributed by atoms with Crippen LogP contribution in [-0.2, 0) is 22.1 Å². The van der Waals surface area contributed by atoms with E-state index in [0.29, 0.717) is 18.5 Å². The average molecular weight is 506 g/mol. The number of piperidine rings is 1. The van der Waals surface area contributed by atoms with Crippen LogP contribution in [-0.4, -0.2) is 34.4 Å². The summed E-state index contributed by atoms with van der Waals surface area (Å²) >= 11 is 0. The minimum absolute atomic E-state index is 0.0141. The first kappa shape index (κ1) is 25.0. The van der Waals surface area contributed by atoms with Crippen LogP contribution in [0.2, 0.25) is 0 Å². The van der Waals surface area contributed by atoms with Gasteiger partial charge in [-0.1, -0.05) is 37.3 Å². The Balaban J connectivity index is 1.43. The van der Waals surface area contributed by atoms with Crippen molar-refractivity contribution in [3.8, 4) is 0 Å². The average Bonchev–Trinajstić information content (AvgIpc) is 3.08. The van der Waals surface area contributed by atoms with E-state index >= 15 is 0 Å². The van der Waals surface area contributed by atoms with Crippen LogP contribution in [0.15, 0.2) is 53.2 Å². The fourth-order valence-corrected chi connectivity index (χ4v) is 5.44. The highest BCUT2D eigenvalue weighted by atomic mass is 19.3. The Morgan fingerprint density at radius 2 is 1.70 bits per heavy atom. The quantitative estimate of drug-likeness (QED) is 0.580. The Labute approximate surface area is 214 Å². The molecule has 1 saturated heterocycles. The zero-order valence-electron chi connectivity index (χ0n) is 21.1. The van der Waals surface area contributed by atoms with Crippen LogP contribution in [0.4, 0.5) is 8.78 Å². The highest BCUT2D eigenvalue weighted by molar-refractivity contribution is 6.07. The number of fused-ring (bicyclic) bond motifs is 1. The molecular formula is C29H29F2N3O3. The molecule has 3 aliphatic heterocycles. The Kier molecular flexibility index (Phi) is 6.30. The van der Waals surface area contributed by atoms with Gasteiger partial charge in [0, 0.05) is 36.7 Å². The maximum atomic E-state index is 13.7. The van der Waals surface area contributed by atoms with E-state index in [0.717, 1.165) is 53.4 Å².